The van der Waals surface area contributed by atoms with Gasteiger partial charge < -0.3 is 9.64 Å². The van der Waals surface area contributed by atoms with E-state index in [1.165, 1.54) is 16.7 Å². The van der Waals surface area contributed by atoms with Gasteiger partial charge in [0.25, 0.3) is 11.8 Å². The van der Waals surface area contributed by atoms with Crippen LogP contribution in [0.25, 0.3) is 5.57 Å². The van der Waals surface area contributed by atoms with Crippen molar-refractivity contribution in [2.45, 2.75) is 6.92 Å². The van der Waals surface area contributed by atoms with Crippen LogP contribution < -0.4 is 14.5 Å². The lowest BCUT2D eigenvalue weighted by atomic mass is 10.1. The van der Waals surface area contributed by atoms with Crippen molar-refractivity contribution in [1.82, 2.24) is 0 Å². The molecule has 5 nitrogen and oxygen atoms in total. The van der Waals surface area contributed by atoms with Gasteiger partial charge >= 0.3 is 0 Å². The third kappa shape index (κ3) is 3.57. The number of hydrogen-bond donors (Lipinski definition) is 0. The van der Waals surface area contributed by atoms with E-state index in [2.05, 4.69) is 0 Å². The number of amides is 2. The highest BCUT2D eigenvalue weighted by molar-refractivity contribution is 8.04. The summed E-state index contributed by atoms with van der Waals surface area (Å²) in [4.78, 5) is 30.0. The second kappa shape index (κ2) is 7.88. The van der Waals surface area contributed by atoms with Crippen LogP contribution in [0.3, 0.4) is 0 Å². The zero-order chi connectivity index (χ0) is 19.6. The molecule has 6 heteroatoms. The smallest absolute Gasteiger partial charge is 0.272 e. The Morgan fingerprint density at radius 1 is 1.04 bits per heavy atom. The van der Waals surface area contributed by atoms with E-state index in [4.69, 9.17) is 4.74 Å². The number of imide groups is 1. The van der Waals surface area contributed by atoms with E-state index in [9.17, 15) is 9.59 Å². The summed E-state index contributed by atoms with van der Waals surface area (Å²) in [7, 11) is 5.44. The second-order valence-electron chi connectivity index (χ2n) is 6.23. The number of ether oxygens (including phenoxy) is 1. The second-order valence-corrected chi connectivity index (χ2v) is 7.50. The first kappa shape index (κ1) is 19.0. The molecule has 0 atom stereocenters. The summed E-state index contributed by atoms with van der Waals surface area (Å²) >= 11 is 1.40. The van der Waals surface area contributed by atoms with Crippen LogP contribution >= 0.6 is 11.8 Å². The summed E-state index contributed by atoms with van der Waals surface area (Å²) in [5, 5.41) is 0. The van der Waals surface area contributed by atoms with Crippen molar-refractivity contribution in [3.05, 3.63) is 59.0 Å². The molecule has 0 aromatic heterocycles. The van der Waals surface area contributed by atoms with Gasteiger partial charge in [-0.05, 0) is 41.6 Å². The van der Waals surface area contributed by atoms with Gasteiger partial charge in [-0.1, -0.05) is 25.1 Å². The SMILES string of the molecule is CCSC1=C(c2ccc(OC)cc2)C(=O)N(c2cccc(N(C)C)c2)C1=O. The number of benzene rings is 2. The predicted octanol–water partition coefficient (Wildman–Crippen LogP) is 3.80. The highest BCUT2D eigenvalue weighted by Crippen LogP contribution is 2.39. The number of nitrogens with zero attached hydrogens (tertiary/aromatic N) is 2. The van der Waals surface area contributed by atoms with Gasteiger partial charge in [0.1, 0.15) is 5.75 Å². The molecule has 0 spiro atoms. The zero-order valence-corrected chi connectivity index (χ0v) is 16.7. The van der Waals surface area contributed by atoms with Gasteiger partial charge in [-0.15, -0.1) is 11.8 Å². The standard InChI is InChI=1S/C21H22N2O3S/c1-5-27-19-18(14-9-11-17(26-4)12-10-14)20(24)23(21(19)25)16-8-6-7-15(13-16)22(2)3/h6-13H,5H2,1-4H3. The van der Waals surface area contributed by atoms with E-state index in [-0.39, 0.29) is 11.8 Å². The van der Waals surface area contributed by atoms with Gasteiger partial charge in [0.15, 0.2) is 0 Å². The van der Waals surface area contributed by atoms with Gasteiger partial charge in [-0.2, -0.15) is 0 Å². The largest absolute Gasteiger partial charge is 0.497 e. The molecule has 0 N–H and O–H groups in total. The van der Waals surface area contributed by atoms with Crippen LogP contribution in [0.15, 0.2) is 53.4 Å². The summed E-state index contributed by atoms with van der Waals surface area (Å²) in [6.07, 6.45) is 0. The monoisotopic (exact) mass is 382 g/mol. The maximum absolute atomic E-state index is 13.2. The normalized spacial score (nSPS) is 14.1. The molecule has 0 bridgehead atoms. The van der Waals surface area contributed by atoms with Crippen molar-refractivity contribution in [2.24, 2.45) is 0 Å². The molecule has 0 fully saturated rings. The first-order valence-corrected chi connectivity index (χ1v) is 9.64. The molecule has 0 saturated heterocycles. The molecule has 0 aliphatic carbocycles. The van der Waals surface area contributed by atoms with Crippen molar-refractivity contribution in [2.75, 3.05) is 36.8 Å². The molecule has 1 aliphatic rings. The van der Waals surface area contributed by atoms with Crippen molar-refractivity contribution >= 4 is 40.5 Å². The maximum atomic E-state index is 13.2. The van der Waals surface area contributed by atoms with E-state index >= 15 is 0 Å². The minimum atomic E-state index is -0.294. The number of carbonyl (C=O) groups is 2. The number of methoxy groups -OCH3 is 1. The quantitative estimate of drug-likeness (QED) is 0.712. The van der Waals surface area contributed by atoms with Gasteiger partial charge in [-0.3, -0.25) is 9.59 Å². The molecule has 1 heterocycles. The lowest BCUT2D eigenvalue weighted by Gasteiger charge is -2.19. The third-order valence-electron chi connectivity index (χ3n) is 4.31. The number of anilines is 2. The summed E-state index contributed by atoms with van der Waals surface area (Å²) in [5.74, 6) is 0.849. The fourth-order valence-electron chi connectivity index (χ4n) is 2.94. The Morgan fingerprint density at radius 2 is 1.74 bits per heavy atom. The van der Waals surface area contributed by atoms with Gasteiger partial charge in [0.2, 0.25) is 0 Å². The predicted molar refractivity (Wildman–Crippen MR) is 111 cm³/mol. The van der Waals surface area contributed by atoms with Crippen LogP contribution in [-0.4, -0.2) is 38.8 Å². The van der Waals surface area contributed by atoms with Crippen molar-refractivity contribution < 1.29 is 14.3 Å². The summed E-state index contributed by atoms with van der Waals surface area (Å²) in [5.41, 5.74) is 2.67. The van der Waals surface area contributed by atoms with Gasteiger partial charge in [0, 0.05) is 19.8 Å². The minimum Gasteiger partial charge on any atom is -0.497 e. The van der Waals surface area contributed by atoms with E-state index in [1.807, 2.05) is 56.3 Å². The fourth-order valence-corrected chi connectivity index (χ4v) is 3.80. The molecule has 3 rings (SSSR count). The maximum Gasteiger partial charge on any atom is 0.272 e. The first-order valence-electron chi connectivity index (χ1n) is 8.65. The lowest BCUT2D eigenvalue weighted by Crippen LogP contribution is -2.31. The van der Waals surface area contributed by atoms with Crippen molar-refractivity contribution in [3.8, 4) is 5.75 Å². The summed E-state index contributed by atoms with van der Waals surface area (Å²) in [6.45, 7) is 1.97. The lowest BCUT2D eigenvalue weighted by molar-refractivity contribution is -0.119. The zero-order valence-electron chi connectivity index (χ0n) is 15.9. The van der Waals surface area contributed by atoms with Gasteiger partial charge in [-0.25, -0.2) is 4.90 Å². The molecule has 0 unspecified atom stereocenters. The van der Waals surface area contributed by atoms with Crippen LogP contribution in [0.5, 0.6) is 5.75 Å². The minimum absolute atomic E-state index is 0.270. The average molecular weight is 382 g/mol. The van der Waals surface area contributed by atoms with Crippen LogP contribution in [-0.2, 0) is 9.59 Å². The molecule has 1 aliphatic heterocycles. The van der Waals surface area contributed by atoms with E-state index in [0.717, 1.165) is 11.3 Å². The summed E-state index contributed by atoms with van der Waals surface area (Å²) in [6, 6.07) is 14.6. The number of hydrogen-bond acceptors (Lipinski definition) is 5. The Labute approximate surface area is 163 Å². The molecule has 0 radical (unpaired) electrons. The van der Waals surface area contributed by atoms with Crippen molar-refractivity contribution in [1.29, 1.82) is 0 Å². The number of carbonyl (C=O) groups excluding carboxylic acids is 2. The Morgan fingerprint density at radius 3 is 2.33 bits per heavy atom. The van der Waals surface area contributed by atoms with E-state index < -0.39 is 0 Å². The highest BCUT2D eigenvalue weighted by atomic mass is 32.2. The van der Waals surface area contributed by atoms with Crippen LogP contribution in [0.4, 0.5) is 11.4 Å². The topological polar surface area (TPSA) is 49.9 Å². The Bertz CT molecular complexity index is 904. The molecule has 2 amide bonds. The first-order chi connectivity index (χ1) is 13.0. The molecular formula is C21H22N2O3S. The number of thioether (sulfide) groups is 1. The van der Waals surface area contributed by atoms with E-state index in [0.29, 0.717) is 27.7 Å². The molecule has 27 heavy (non-hydrogen) atoms. The molecule has 0 saturated carbocycles. The van der Waals surface area contributed by atoms with Crippen LogP contribution in [0.2, 0.25) is 0 Å². The van der Waals surface area contributed by atoms with Crippen molar-refractivity contribution in [3.63, 3.8) is 0 Å². The molecule has 2 aromatic rings. The molecule has 140 valence electrons. The Balaban J connectivity index is 2.05. The average Bonchev–Trinajstić information content (AvgIpc) is 2.92. The van der Waals surface area contributed by atoms with E-state index in [1.54, 1.807) is 25.3 Å². The Hall–Kier alpha value is -2.73. The molecular weight excluding hydrogens is 360 g/mol. The number of rotatable bonds is 6. The van der Waals surface area contributed by atoms with Crippen LogP contribution in [0.1, 0.15) is 12.5 Å². The van der Waals surface area contributed by atoms with Crippen LogP contribution in [0, 0.1) is 0 Å². The molecule has 2 aromatic carbocycles. The highest BCUT2D eigenvalue weighted by Gasteiger charge is 2.40. The van der Waals surface area contributed by atoms with Gasteiger partial charge in [0.05, 0.1) is 23.3 Å². The Kier molecular flexibility index (Phi) is 5.56. The fraction of sp³-hybridized carbons (Fsp3) is 0.238. The third-order valence-corrected chi connectivity index (χ3v) is 5.27. The summed E-state index contributed by atoms with van der Waals surface area (Å²) < 4.78 is 5.19.